The molecule has 4 rings (SSSR count). The van der Waals surface area contributed by atoms with E-state index in [1.54, 1.807) is 26.4 Å². The van der Waals surface area contributed by atoms with Gasteiger partial charge in [-0.05, 0) is 55.3 Å². The molecule has 1 aromatic heterocycles. The first kappa shape index (κ1) is 21.6. The van der Waals surface area contributed by atoms with E-state index in [0.29, 0.717) is 43.2 Å². The Hall–Kier alpha value is -3.61. The Morgan fingerprint density at radius 3 is 2.09 bits per heavy atom. The van der Waals surface area contributed by atoms with Crippen LogP contribution in [0.2, 0.25) is 0 Å². The van der Waals surface area contributed by atoms with Gasteiger partial charge in [-0.1, -0.05) is 18.2 Å². The number of aromatic nitrogens is 2. The van der Waals surface area contributed by atoms with Gasteiger partial charge in [0, 0.05) is 31.7 Å². The van der Waals surface area contributed by atoms with Gasteiger partial charge in [0.05, 0.1) is 19.9 Å². The maximum atomic E-state index is 13.2. The summed E-state index contributed by atoms with van der Waals surface area (Å²) in [6.07, 6.45) is 0. The molecule has 0 radical (unpaired) electrons. The van der Waals surface area contributed by atoms with E-state index in [4.69, 9.17) is 9.47 Å². The van der Waals surface area contributed by atoms with Crippen LogP contribution in [0.5, 0.6) is 11.5 Å². The summed E-state index contributed by atoms with van der Waals surface area (Å²) in [4.78, 5) is 17.2. The zero-order valence-corrected chi connectivity index (χ0v) is 19.0. The van der Waals surface area contributed by atoms with Crippen LogP contribution < -0.4 is 14.4 Å². The molecular formula is C25H28N4O3. The molecule has 7 heteroatoms. The molecule has 1 aliphatic heterocycles. The van der Waals surface area contributed by atoms with Gasteiger partial charge in [-0.15, -0.1) is 10.2 Å². The highest BCUT2D eigenvalue weighted by atomic mass is 16.5. The molecule has 32 heavy (non-hydrogen) atoms. The van der Waals surface area contributed by atoms with Crippen molar-refractivity contribution in [3.63, 3.8) is 0 Å². The highest BCUT2D eigenvalue weighted by Gasteiger charge is 2.27. The standard InChI is InChI=1S/C25H28N4O3/c1-17-8-9-19(16-18(17)2)20-10-11-23(27-26-20)28-12-14-29(15-13-28)25(30)24-21(31-3)6-5-7-22(24)32-4/h5-11,16H,12-15H2,1-4H3. The third-order valence-corrected chi connectivity index (χ3v) is 5.99. The van der Waals surface area contributed by atoms with E-state index in [9.17, 15) is 4.79 Å². The van der Waals surface area contributed by atoms with Crippen LogP contribution in [0.15, 0.2) is 48.5 Å². The lowest BCUT2D eigenvalue weighted by Crippen LogP contribution is -2.49. The average Bonchev–Trinajstić information content (AvgIpc) is 2.85. The molecule has 0 unspecified atom stereocenters. The number of amides is 1. The first-order valence-corrected chi connectivity index (χ1v) is 10.7. The van der Waals surface area contributed by atoms with Crippen molar-refractivity contribution in [1.82, 2.24) is 15.1 Å². The monoisotopic (exact) mass is 432 g/mol. The molecule has 166 valence electrons. The van der Waals surface area contributed by atoms with Crippen molar-refractivity contribution in [1.29, 1.82) is 0 Å². The van der Waals surface area contributed by atoms with E-state index in [-0.39, 0.29) is 5.91 Å². The summed E-state index contributed by atoms with van der Waals surface area (Å²) in [6.45, 7) is 6.73. The zero-order chi connectivity index (χ0) is 22.7. The van der Waals surface area contributed by atoms with Gasteiger partial charge in [0.1, 0.15) is 17.1 Å². The minimum atomic E-state index is -0.0878. The van der Waals surface area contributed by atoms with Crippen molar-refractivity contribution in [2.45, 2.75) is 13.8 Å². The van der Waals surface area contributed by atoms with Crippen LogP contribution in [0, 0.1) is 13.8 Å². The lowest BCUT2D eigenvalue weighted by molar-refractivity contribution is 0.0739. The Morgan fingerprint density at radius 2 is 1.53 bits per heavy atom. The zero-order valence-electron chi connectivity index (χ0n) is 19.0. The smallest absolute Gasteiger partial charge is 0.261 e. The van der Waals surface area contributed by atoms with E-state index in [1.807, 2.05) is 23.1 Å². The van der Waals surface area contributed by atoms with Gasteiger partial charge in [0.25, 0.3) is 5.91 Å². The second kappa shape index (κ2) is 9.26. The van der Waals surface area contributed by atoms with Crippen molar-refractivity contribution in [3.8, 4) is 22.8 Å². The first-order valence-electron chi connectivity index (χ1n) is 10.7. The number of carbonyl (C=O) groups is 1. The summed E-state index contributed by atoms with van der Waals surface area (Å²) in [5.41, 5.74) is 4.88. The van der Waals surface area contributed by atoms with Gasteiger partial charge in [-0.25, -0.2) is 0 Å². The molecule has 2 heterocycles. The second-order valence-corrected chi connectivity index (χ2v) is 7.89. The summed E-state index contributed by atoms with van der Waals surface area (Å²) in [5, 5.41) is 8.88. The molecular weight excluding hydrogens is 404 g/mol. The third-order valence-electron chi connectivity index (χ3n) is 5.99. The van der Waals surface area contributed by atoms with Crippen LogP contribution in [0.4, 0.5) is 5.82 Å². The van der Waals surface area contributed by atoms with Crippen LogP contribution in [0.3, 0.4) is 0 Å². The maximum Gasteiger partial charge on any atom is 0.261 e. The Labute approximate surface area is 188 Å². The molecule has 1 fully saturated rings. The number of anilines is 1. The fourth-order valence-electron chi connectivity index (χ4n) is 3.91. The molecule has 7 nitrogen and oxygen atoms in total. The quantitative estimate of drug-likeness (QED) is 0.612. The van der Waals surface area contributed by atoms with Gasteiger partial charge in [-0.3, -0.25) is 4.79 Å². The van der Waals surface area contributed by atoms with Crippen LogP contribution in [-0.4, -0.2) is 61.4 Å². The van der Waals surface area contributed by atoms with Gasteiger partial charge in [-0.2, -0.15) is 0 Å². The first-order chi connectivity index (χ1) is 15.5. The fraction of sp³-hybridized carbons (Fsp3) is 0.320. The van der Waals surface area contributed by atoms with E-state index in [1.165, 1.54) is 11.1 Å². The lowest BCUT2D eigenvalue weighted by atomic mass is 10.0. The Kier molecular flexibility index (Phi) is 6.25. The molecule has 0 N–H and O–H groups in total. The average molecular weight is 433 g/mol. The van der Waals surface area contributed by atoms with Crippen molar-refractivity contribution >= 4 is 11.7 Å². The summed E-state index contributed by atoms with van der Waals surface area (Å²) in [6, 6.07) is 15.7. The molecule has 3 aromatic rings. The normalized spacial score (nSPS) is 13.8. The number of ether oxygens (including phenoxy) is 2. The van der Waals surface area contributed by atoms with Crippen molar-refractivity contribution < 1.29 is 14.3 Å². The number of hydrogen-bond donors (Lipinski definition) is 0. The number of aryl methyl sites for hydroxylation is 2. The second-order valence-electron chi connectivity index (χ2n) is 7.89. The minimum absolute atomic E-state index is 0.0878. The minimum Gasteiger partial charge on any atom is -0.496 e. The Morgan fingerprint density at radius 1 is 0.844 bits per heavy atom. The van der Waals surface area contributed by atoms with E-state index in [2.05, 4.69) is 47.1 Å². The van der Waals surface area contributed by atoms with Crippen LogP contribution >= 0.6 is 0 Å². The van der Waals surface area contributed by atoms with Crippen molar-refractivity contribution in [3.05, 3.63) is 65.2 Å². The molecule has 0 aliphatic carbocycles. The van der Waals surface area contributed by atoms with E-state index >= 15 is 0 Å². The van der Waals surface area contributed by atoms with Crippen LogP contribution in [-0.2, 0) is 0 Å². The lowest BCUT2D eigenvalue weighted by Gasteiger charge is -2.35. The molecule has 1 amide bonds. The number of nitrogens with zero attached hydrogens (tertiary/aromatic N) is 4. The Bertz CT molecular complexity index is 1080. The molecule has 0 saturated carbocycles. The Balaban J connectivity index is 1.44. The highest BCUT2D eigenvalue weighted by Crippen LogP contribution is 2.30. The summed E-state index contributed by atoms with van der Waals surface area (Å²) in [7, 11) is 3.12. The number of piperazine rings is 1. The van der Waals surface area contributed by atoms with Crippen molar-refractivity contribution in [2.24, 2.45) is 0 Å². The van der Waals surface area contributed by atoms with Gasteiger partial charge in [0.2, 0.25) is 0 Å². The molecule has 0 bridgehead atoms. The van der Waals surface area contributed by atoms with Crippen molar-refractivity contribution in [2.75, 3.05) is 45.3 Å². The number of rotatable bonds is 5. The topological polar surface area (TPSA) is 67.8 Å². The largest absolute Gasteiger partial charge is 0.496 e. The number of methoxy groups -OCH3 is 2. The predicted octanol–water partition coefficient (Wildman–Crippen LogP) is 3.74. The van der Waals surface area contributed by atoms with Gasteiger partial charge in [0.15, 0.2) is 5.82 Å². The summed E-state index contributed by atoms with van der Waals surface area (Å²) >= 11 is 0. The predicted molar refractivity (Wildman–Crippen MR) is 125 cm³/mol. The van der Waals surface area contributed by atoms with E-state index < -0.39 is 0 Å². The molecule has 2 aromatic carbocycles. The summed E-state index contributed by atoms with van der Waals surface area (Å²) in [5.74, 6) is 1.77. The maximum absolute atomic E-state index is 13.2. The number of carbonyl (C=O) groups excluding carboxylic acids is 1. The highest BCUT2D eigenvalue weighted by molar-refractivity contribution is 5.99. The molecule has 1 saturated heterocycles. The summed E-state index contributed by atoms with van der Waals surface area (Å²) < 4.78 is 10.8. The number of hydrogen-bond acceptors (Lipinski definition) is 6. The molecule has 0 spiro atoms. The van der Waals surface area contributed by atoms with Crippen LogP contribution in [0.1, 0.15) is 21.5 Å². The molecule has 0 atom stereocenters. The molecule has 1 aliphatic rings. The number of benzene rings is 2. The fourth-order valence-corrected chi connectivity index (χ4v) is 3.91. The van der Waals surface area contributed by atoms with Crippen LogP contribution in [0.25, 0.3) is 11.3 Å². The van der Waals surface area contributed by atoms with Gasteiger partial charge >= 0.3 is 0 Å². The van der Waals surface area contributed by atoms with Gasteiger partial charge < -0.3 is 19.3 Å². The van der Waals surface area contributed by atoms with E-state index in [0.717, 1.165) is 17.1 Å². The third kappa shape index (κ3) is 4.23. The SMILES string of the molecule is COc1cccc(OC)c1C(=O)N1CCN(c2ccc(-c3ccc(C)c(C)c3)nn2)CC1.